The minimum atomic E-state index is -0.720. The molecular weight excluding hydrogens is 488 g/mol. The van der Waals surface area contributed by atoms with Gasteiger partial charge in [-0.05, 0) is 125 Å². The van der Waals surface area contributed by atoms with E-state index in [1.807, 2.05) is 13.0 Å². The third kappa shape index (κ3) is 5.32. The number of rotatable bonds is 9. The quantitative estimate of drug-likeness (QED) is 0.423. The molecule has 0 amide bonds. The number of hydrogen-bond donors (Lipinski definition) is 1. The molecule has 8 atom stereocenters. The number of Topliss-reactive ketones (excluding diaryl/α,β-unsaturated/α-hetero) is 1. The minimum Gasteiger partial charge on any atom is -0.387 e. The minimum absolute atomic E-state index is 0.0438. The van der Waals surface area contributed by atoms with Gasteiger partial charge >= 0.3 is 0 Å². The van der Waals surface area contributed by atoms with Crippen LogP contribution in [0.2, 0.25) is 0 Å². The van der Waals surface area contributed by atoms with E-state index in [2.05, 4.69) is 31.8 Å². The van der Waals surface area contributed by atoms with Gasteiger partial charge in [0.2, 0.25) is 0 Å². The summed E-state index contributed by atoms with van der Waals surface area (Å²) in [6.45, 7) is 10.5. The number of pyridine rings is 1. The van der Waals surface area contributed by atoms with Gasteiger partial charge in [0.1, 0.15) is 11.9 Å². The molecule has 0 bridgehead atoms. The van der Waals surface area contributed by atoms with Crippen LogP contribution in [-0.4, -0.2) is 47.4 Å². The highest BCUT2D eigenvalue weighted by Gasteiger charge is 2.63. The number of nitrogens with zero attached hydrogens (tertiary/aromatic N) is 2. The van der Waals surface area contributed by atoms with Crippen molar-refractivity contribution in [3.63, 3.8) is 0 Å². The van der Waals surface area contributed by atoms with E-state index in [1.54, 1.807) is 12.3 Å². The second kappa shape index (κ2) is 11.2. The number of aromatic nitrogens is 1. The number of ether oxygens (including phenoxy) is 2. The first-order valence-electron chi connectivity index (χ1n) is 15.4. The van der Waals surface area contributed by atoms with Gasteiger partial charge in [-0.15, -0.1) is 0 Å². The molecule has 0 aromatic carbocycles. The summed E-state index contributed by atoms with van der Waals surface area (Å²) in [4.78, 5) is 18.0. The monoisotopic (exact) mass is 536 g/mol. The predicted molar refractivity (Wildman–Crippen MR) is 150 cm³/mol. The van der Waals surface area contributed by atoms with E-state index in [-0.39, 0.29) is 22.9 Å². The summed E-state index contributed by atoms with van der Waals surface area (Å²) >= 11 is 0. The van der Waals surface area contributed by atoms with Gasteiger partial charge in [0.05, 0.1) is 30.5 Å². The lowest BCUT2D eigenvalue weighted by molar-refractivity contribution is -0.195. The smallest absolute Gasteiger partial charge is 0.142 e. The molecule has 0 spiro atoms. The van der Waals surface area contributed by atoms with Crippen LogP contribution >= 0.6 is 0 Å². The van der Waals surface area contributed by atoms with Crippen LogP contribution < -0.4 is 0 Å². The zero-order chi connectivity index (χ0) is 27.8. The lowest BCUT2D eigenvalue weighted by Gasteiger charge is -2.63. The summed E-state index contributed by atoms with van der Waals surface area (Å²) in [7, 11) is 0. The Hall–Kier alpha value is -1.81. The van der Waals surface area contributed by atoms with Crippen molar-refractivity contribution >= 4 is 5.78 Å². The van der Waals surface area contributed by atoms with Crippen molar-refractivity contribution in [1.29, 1.82) is 5.26 Å². The van der Waals surface area contributed by atoms with Gasteiger partial charge in [0, 0.05) is 30.8 Å². The Morgan fingerprint density at radius 1 is 1.13 bits per heavy atom. The second-order valence-corrected chi connectivity index (χ2v) is 13.8. The molecule has 4 aliphatic rings. The Kier molecular flexibility index (Phi) is 8.26. The standard InChI is InChI=1S/C33H48N2O4/c1-5-38-20-32(37)14-15-33(21-39-22(2)3)24(17-32)7-9-26-27-10-11-29(31(27,4)13-12-28(26)33)30(36)16-25-8-6-23(18-34)19-35-25/h6,8,19,22,24,26-29,37H,5,7,9-17,20-21H2,1-4H3/t24-,26+,27+,28+,29-,31+,32-,33-/m1/s1. The molecule has 1 heterocycles. The molecule has 6 heteroatoms. The Bertz CT molecular complexity index is 1070. The largest absolute Gasteiger partial charge is 0.387 e. The Morgan fingerprint density at radius 2 is 1.95 bits per heavy atom. The van der Waals surface area contributed by atoms with Gasteiger partial charge in [-0.3, -0.25) is 9.78 Å². The maximum atomic E-state index is 13.7. The van der Waals surface area contributed by atoms with Crippen LogP contribution in [0.1, 0.15) is 96.7 Å². The normalized spacial score (nSPS) is 39.5. The molecule has 4 aliphatic carbocycles. The van der Waals surface area contributed by atoms with Crippen molar-refractivity contribution in [1.82, 2.24) is 4.98 Å². The lowest BCUT2D eigenvalue weighted by atomic mass is 9.43. The highest BCUT2D eigenvalue weighted by Crippen LogP contribution is 2.68. The first-order chi connectivity index (χ1) is 18.6. The van der Waals surface area contributed by atoms with Gasteiger partial charge in [-0.25, -0.2) is 0 Å². The van der Waals surface area contributed by atoms with Crippen LogP contribution in [0, 0.1) is 51.8 Å². The number of carbonyl (C=O) groups excluding carboxylic acids is 1. The van der Waals surface area contributed by atoms with Gasteiger partial charge in [-0.2, -0.15) is 5.26 Å². The topological polar surface area (TPSA) is 92.4 Å². The summed E-state index contributed by atoms with van der Waals surface area (Å²) in [5, 5.41) is 20.5. The zero-order valence-corrected chi connectivity index (χ0v) is 24.5. The van der Waals surface area contributed by atoms with E-state index in [9.17, 15) is 9.90 Å². The van der Waals surface area contributed by atoms with E-state index in [1.165, 1.54) is 6.42 Å². The van der Waals surface area contributed by atoms with Crippen molar-refractivity contribution in [2.24, 2.45) is 40.4 Å². The number of ketones is 1. The third-order valence-corrected chi connectivity index (χ3v) is 11.5. The van der Waals surface area contributed by atoms with Crippen LogP contribution in [0.4, 0.5) is 0 Å². The predicted octanol–water partition coefficient (Wildman–Crippen LogP) is 5.90. The zero-order valence-electron chi connectivity index (χ0n) is 24.5. The molecule has 0 radical (unpaired) electrons. The fraction of sp³-hybridized carbons (Fsp3) is 0.788. The molecular formula is C33H48N2O4. The van der Waals surface area contributed by atoms with Gasteiger partial charge < -0.3 is 14.6 Å². The van der Waals surface area contributed by atoms with E-state index < -0.39 is 5.60 Å². The number of nitriles is 1. The number of fused-ring (bicyclic) bond motifs is 5. The number of carbonyl (C=O) groups is 1. The summed E-state index contributed by atoms with van der Waals surface area (Å²) in [6.07, 6.45) is 11.4. The van der Waals surface area contributed by atoms with Crippen molar-refractivity contribution in [2.45, 2.75) is 104 Å². The molecule has 0 saturated heterocycles. The van der Waals surface area contributed by atoms with Crippen molar-refractivity contribution in [3.8, 4) is 6.07 Å². The Morgan fingerprint density at radius 3 is 2.64 bits per heavy atom. The molecule has 39 heavy (non-hydrogen) atoms. The highest BCUT2D eigenvalue weighted by atomic mass is 16.5. The number of hydrogen-bond acceptors (Lipinski definition) is 6. The van der Waals surface area contributed by atoms with E-state index in [0.717, 1.165) is 63.7 Å². The molecule has 4 saturated carbocycles. The average molecular weight is 537 g/mol. The van der Waals surface area contributed by atoms with E-state index >= 15 is 0 Å². The maximum Gasteiger partial charge on any atom is 0.142 e. The van der Waals surface area contributed by atoms with Crippen LogP contribution in [0.5, 0.6) is 0 Å². The van der Waals surface area contributed by atoms with Gasteiger partial charge in [0.15, 0.2) is 0 Å². The summed E-state index contributed by atoms with van der Waals surface area (Å²) in [5.41, 5.74) is 0.737. The molecule has 4 fully saturated rings. The fourth-order valence-electron chi connectivity index (χ4n) is 9.58. The highest BCUT2D eigenvalue weighted by molar-refractivity contribution is 5.84. The molecule has 0 aliphatic heterocycles. The molecule has 1 N–H and O–H groups in total. The Labute approximate surface area is 234 Å². The Balaban J connectivity index is 1.35. The van der Waals surface area contributed by atoms with E-state index in [0.29, 0.717) is 54.7 Å². The first-order valence-corrected chi connectivity index (χ1v) is 15.4. The van der Waals surface area contributed by atoms with Crippen molar-refractivity contribution < 1.29 is 19.4 Å². The van der Waals surface area contributed by atoms with Crippen LogP contribution in [0.25, 0.3) is 0 Å². The lowest BCUT2D eigenvalue weighted by Crippen LogP contribution is -2.59. The van der Waals surface area contributed by atoms with Crippen LogP contribution in [0.15, 0.2) is 18.3 Å². The number of aliphatic hydroxyl groups is 1. The molecule has 0 unspecified atom stereocenters. The summed E-state index contributed by atoms with van der Waals surface area (Å²) < 4.78 is 12.1. The van der Waals surface area contributed by atoms with Gasteiger partial charge in [0.25, 0.3) is 0 Å². The molecule has 214 valence electrons. The molecule has 1 aromatic rings. The fourth-order valence-corrected chi connectivity index (χ4v) is 9.58. The van der Waals surface area contributed by atoms with E-state index in [4.69, 9.17) is 14.7 Å². The summed E-state index contributed by atoms with van der Waals surface area (Å²) in [6, 6.07) is 5.70. The van der Waals surface area contributed by atoms with Crippen LogP contribution in [-0.2, 0) is 20.7 Å². The molecule has 6 nitrogen and oxygen atoms in total. The van der Waals surface area contributed by atoms with Crippen molar-refractivity contribution in [3.05, 3.63) is 29.6 Å². The molecule has 1 aromatic heterocycles. The first kappa shape index (κ1) is 28.7. The second-order valence-electron chi connectivity index (χ2n) is 13.8. The average Bonchev–Trinajstić information content (AvgIpc) is 3.28. The maximum absolute atomic E-state index is 13.7. The summed E-state index contributed by atoms with van der Waals surface area (Å²) in [5.74, 6) is 2.66. The SMILES string of the molecule is CCOC[C@@]1(O)CC[C@@]2(COC(C)C)[C@H](CC[C@H]3[C@@H]4CC[C@H](C(=O)Cc5ccc(C#N)cn5)[C@@]4(C)CC[C@@H]32)C1. The molecule has 5 rings (SSSR count). The van der Waals surface area contributed by atoms with Crippen molar-refractivity contribution in [2.75, 3.05) is 19.8 Å². The van der Waals surface area contributed by atoms with Crippen LogP contribution in [0.3, 0.4) is 0 Å². The van der Waals surface area contributed by atoms with Gasteiger partial charge in [-0.1, -0.05) is 6.92 Å². The third-order valence-electron chi connectivity index (χ3n) is 11.5.